The smallest absolute Gasteiger partial charge is 0.168 e. The minimum absolute atomic E-state index is 0.0120. The SMILES string of the molecule is COc1cccc(/C=C(\C#N)c2nc(-c3ccc(C)cc3)cs2)c1OC(C)C. The average Bonchev–Trinajstić information content (AvgIpc) is 3.17. The number of hydrogen-bond acceptors (Lipinski definition) is 5. The number of aryl methyl sites for hydroxylation is 1. The van der Waals surface area contributed by atoms with Crippen LogP contribution in [0.15, 0.2) is 47.8 Å². The number of rotatable bonds is 6. The van der Waals surface area contributed by atoms with Crippen molar-refractivity contribution in [2.24, 2.45) is 0 Å². The summed E-state index contributed by atoms with van der Waals surface area (Å²) in [6.07, 6.45) is 1.79. The lowest BCUT2D eigenvalue weighted by atomic mass is 10.1. The molecule has 0 bridgehead atoms. The van der Waals surface area contributed by atoms with E-state index in [1.165, 1.54) is 16.9 Å². The van der Waals surface area contributed by atoms with E-state index in [4.69, 9.17) is 9.47 Å². The molecule has 0 unspecified atom stereocenters. The summed E-state index contributed by atoms with van der Waals surface area (Å²) in [5.74, 6) is 1.27. The molecule has 28 heavy (non-hydrogen) atoms. The number of para-hydroxylation sites is 1. The lowest BCUT2D eigenvalue weighted by Crippen LogP contribution is -2.08. The van der Waals surface area contributed by atoms with E-state index in [2.05, 4.69) is 30.1 Å². The average molecular weight is 391 g/mol. The first-order valence-electron chi connectivity index (χ1n) is 9.00. The molecule has 4 nitrogen and oxygen atoms in total. The van der Waals surface area contributed by atoms with E-state index >= 15 is 0 Å². The molecule has 0 saturated heterocycles. The van der Waals surface area contributed by atoms with Gasteiger partial charge in [-0.3, -0.25) is 0 Å². The van der Waals surface area contributed by atoms with Gasteiger partial charge in [0.2, 0.25) is 0 Å². The third-order valence-corrected chi connectivity index (χ3v) is 4.96. The van der Waals surface area contributed by atoms with Crippen molar-refractivity contribution in [3.05, 3.63) is 64.0 Å². The van der Waals surface area contributed by atoms with Crippen molar-refractivity contribution in [1.29, 1.82) is 5.26 Å². The second-order valence-corrected chi connectivity index (χ2v) is 7.48. The highest BCUT2D eigenvalue weighted by Gasteiger charge is 2.14. The van der Waals surface area contributed by atoms with Crippen molar-refractivity contribution in [2.45, 2.75) is 26.9 Å². The Morgan fingerprint density at radius 2 is 1.93 bits per heavy atom. The monoisotopic (exact) mass is 390 g/mol. The third-order valence-electron chi connectivity index (χ3n) is 4.09. The topological polar surface area (TPSA) is 55.1 Å². The number of benzene rings is 2. The summed E-state index contributed by atoms with van der Waals surface area (Å²) >= 11 is 1.46. The molecular formula is C23H22N2O2S. The third kappa shape index (κ3) is 4.41. The van der Waals surface area contributed by atoms with Crippen LogP contribution in [0.25, 0.3) is 22.9 Å². The summed E-state index contributed by atoms with van der Waals surface area (Å²) in [6.45, 7) is 5.97. The van der Waals surface area contributed by atoms with E-state index in [1.54, 1.807) is 13.2 Å². The van der Waals surface area contributed by atoms with Crippen molar-refractivity contribution in [3.63, 3.8) is 0 Å². The van der Waals surface area contributed by atoms with Crippen LogP contribution in [0, 0.1) is 18.3 Å². The van der Waals surface area contributed by atoms with E-state index in [9.17, 15) is 5.26 Å². The minimum Gasteiger partial charge on any atom is -0.493 e. The molecule has 1 heterocycles. The number of nitriles is 1. The Morgan fingerprint density at radius 3 is 2.57 bits per heavy atom. The molecule has 142 valence electrons. The van der Waals surface area contributed by atoms with Gasteiger partial charge in [-0.25, -0.2) is 4.98 Å². The second kappa shape index (κ2) is 8.73. The molecule has 0 amide bonds. The normalized spacial score (nSPS) is 11.4. The van der Waals surface area contributed by atoms with Crippen LogP contribution < -0.4 is 9.47 Å². The Bertz CT molecular complexity index is 1030. The molecule has 0 aliphatic heterocycles. The molecule has 0 atom stereocenters. The van der Waals surface area contributed by atoms with Crippen molar-refractivity contribution in [3.8, 4) is 28.8 Å². The molecule has 5 heteroatoms. The molecule has 0 aliphatic carbocycles. The minimum atomic E-state index is -0.0120. The van der Waals surface area contributed by atoms with Gasteiger partial charge in [0.1, 0.15) is 11.1 Å². The number of hydrogen-bond donors (Lipinski definition) is 0. The van der Waals surface area contributed by atoms with Crippen molar-refractivity contribution in [2.75, 3.05) is 7.11 Å². The quantitative estimate of drug-likeness (QED) is 0.486. The largest absolute Gasteiger partial charge is 0.493 e. The van der Waals surface area contributed by atoms with Crippen LogP contribution in [0.4, 0.5) is 0 Å². The number of aromatic nitrogens is 1. The zero-order valence-electron chi connectivity index (χ0n) is 16.4. The molecule has 0 fully saturated rings. The highest BCUT2D eigenvalue weighted by Crippen LogP contribution is 2.35. The maximum absolute atomic E-state index is 9.73. The van der Waals surface area contributed by atoms with Crippen molar-refractivity contribution in [1.82, 2.24) is 4.98 Å². The van der Waals surface area contributed by atoms with Gasteiger partial charge >= 0.3 is 0 Å². The van der Waals surface area contributed by atoms with Gasteiger partial charge < -0.3 is 9.47 Å². The molecule has 0 saturated carbocycles. The van der Waals surface area contributed by atoms with Crippen molar-refractivity contribution < 1.29 is 9.47 Å². The molecule has 3 rings (SSSR count). The second-order valence-electron chi connectivity index (χ2n) is 6.62. The fraction of sp³-hybridized carbons (Fsp3) is 0.217. The first kappa shape index (κ1) is 19.7. The van der Waals surface area contributed by atoms with Crippen LogP contribution in [-0.2, 0) is 0 Å². The van der Waals surface area contributed by atoms with Gasteiger partial charge in [0, 0.05) is 16.5 Å². The zero-order chi connectivity index (χ0) is 20.1. The molecule has 0 spiro atoms. The van der Waals surface area contributed by atoms with Crippen LogP contribution in [0.3, 0.4) is 0 Å². The van der Waals surface area contributed by atoms with Crippen LogP contribution in [0.1, 0.15) is 30.0 Å². The van der Waals surface area contributed by atoms with Gasteiger partial charge in [0.15, 0.2) is 11.5 Å². The van der Waals surface area contributed by atoms with E-state index in [-0.39, 0.29) is 6.10 Å². The number of thiazole rings is 1. The van der Waals surface area contributed by atoms with Crippen LogP contribution in [0.2, 0.25) is 0 Å². The van der Waals surface area contributed by atoms with Gasteiger partial charge in [-0.15, -0.1) is 11.3 Å². The maximum Gasteiger partial charge on any atom is 0.168 e. The molecule has 1 aromatic heterocycles. The highest BCUT2D eigenvalue weighted by molar-refractivity contribution is 7.11. The summed E-state index contributed by atoms with van der Waals surface area (Å²) in [5.41, 5.74) is 4.38. The molecule has 3 aromatic rings. The molecule has 0 radical (unpaired) electrons. The number of nitrogens with zero attached hydrogens (tertiary/aromatic N) is 2. The van der Waals surface area contributed by atoms with Gasteiger partial charge in [-0.2, -0.15) is 5.26 Å². The van der Waals surface area contributed by atoms with Crippen LogP contribution >= 0.6 is 11.3 Å². The summed E-state index contributed by atoms with van der Waals surface area (Å²) in [5, 5.41) is 12.4. The maximum atomic E-state index is 9.73. The highest BCUT2D eigenvalue weighted by atomic mass is 32.1. The van der Waals surface area contributed by atoms with E-state index in [0.29, 0.717) is 22.1 Å². The first-order chi connectivity index (χ1) is 13.5. The number of ether oxygens (including phenoxy) is 2. The summed E-state index contributed by atoms with van der Waals surface area (Å²) in [6, 6.07) is 16.1. The standard InChI is InChI=1S/C23H22N2O2S/c1-15(2)27-22-18(6-5-7-21(22)26-4)12-19(13-24)23-25-20(14-28-23)17-10-8-16(3)9-11-17/h5-12,14-15H,1-4H3/b19-12+. The Balaban J connectivity index is 2.00. The van der Waals surface area contributed by atoms with E-state index < -0.39 is 0 Å². The molecule has 2 aromatic carbocycles. The molecule has 0 N–H and O–H groups in total. The van der Waals surface area contributed by atoms with Crippen LogP contribution in [-0.4, -0.2) is 18.2 Å². The van der Waals surface area contributed by atoms with Gasteiger partial charge in [-0.1, -0.05) is 42.0 Å². The summed E-state index contributed by atoms with van der Waals surface area (Å²) in [7, 11) is 1.61. The fourth-order valence-corrected chi connectivity index (χ4v) is 3.52. The fourth-order valence-electron chi connectivity index (χ4n) is 2.72. The Morgan fingerprint density at radius 1 is 1.18 bits per heavy atom. The first-order valence-corrected chi connectivity index (χ1v) is 9.88. The Labute approximate surface area is 169 Å². The van der Waals surface area contributed by atoms with E-state index in [1.807, 2.05) is 49.6 Å². The lowest BCUT2D eigenvalue weighted by molar-refractivity contribution is 0.229. The lowest BCUT2D eigenvalue weighted by Gasteiger charge is -2.16. The summed E-state index contributed by atoms with van der Waals surface area (Å²) in [4.78, 5) is 4.67. The number of methoxy groups -OCH3 is 1. The van der Waals surface area contributed by atoms with Crippen molar-refractivity contribution >= 4 is 23.0 Å². The molecule has 0 aliphatic rings. The van der Waals surface area contributed by atoms with Gasteiger partial charge in [0.25, 0.3) is 0 Å². The predicted octanol–water partition coefficient (Wildman–Crippen LogP) is 5.98. The molecular weight excluding hydrogens is 368 g/mol. The number of allylic oxidation sites excluding steroid dienone is 1. The predicted molar refractivity (Wildman–Crippen MR) is 115 cm³/mol. The van der Waals surface area contributed by atoms with Gasteiger partial charge in [0.05, 0.1) is 24.5 Å². The Hall–Kier alpha value is -3.10. The van der Waals surface area contributed by atoms with E-state index in [0.717, 1.165) is 16.8 Å². The Kier molecular flexibility index (Phi) is 6.13. The zero-order valence-corrected chi connectivity index (χ0v) is 17.2. The van der Waals surface area contributed by atoms with Crippen LogP contribution in [0.5, 0.6) is 11.5 Å². The summed E-state index contributed by atoms with van der Waals surface area (Å²) < 4.78 is 11.4. The van der Waals surface area contributed by atoms with Gasteiger partial charge in [-0.05, 0) is 32.9 Å².